The Morgan fingerprint density at radius 3 is 3.00 bits per heavy atom. The number of rotatable bonds is 2. The number of hydrogen-bond donors (Lipinski definition) is 2. The number of imidazole rings is 1. The van der Waals surface area contributed by atoms with Gasteiger partial charge in [0.25, 0.3) is 0 Å². The minimum absolute atomic E-state index is 0.0942. The number of aromatic amines is 1. The first-order valence-corrected chi connectivity index (χ1v) is 4.73. The zero-order valence-electron chi connectivity index (χ0n) is 8.21. The average Bonchev–Trinajstić information content (AvgIpc) is 2.61. The summed E-state index contributed by atoms with van der Waals surface area (Å²) in [6.45, 7) is 3.46. The van der Waals surface area contributed by atoms with Crippen molar-refractivity contribution >= 4 is 5.91 Å². The molecule has 1 aliphatic rings. The number of H-pyrrole nitrogens is 1. The number of amides is 1. The minimum Gasteiger partial charge on any atom is -0.344 e. The van der Waals surface area contributed by atoms with Crippen molar-refractivity contribution in [1.82, 2.24) is 14.9 Å². The average molecular weight is 194 g/mol. The van der Waals surface area contributed by atoms with Crippen LogP contribution in [0.1, 0.15) is 24.1 Å². The number of nitrogens with two attached hydrogens (primary N) is 1. The van der Waals surface area contributed by atoms with Gasteiger partial charge in [0, 0.05) is 13.3 Å². The summed E-state index contributed by atoms with van der Waals surface area (Å²) in [5, 5.41) is 0. The van der Waals surface area contributed by atoms with E-state index >= 15 is 0 Å². The van der Waals surface area contributed by atoms with Crippen LogP contribution >= 0.6 is 0 Å². The molecule has 0 saturated carbocycles. The molecule has 1 amide bonds. The third-order valence-corrected chi connectivity index (χ3v) is 2.43. The Morgan fingerprint density at radius 2 is 2.43 bits per heavy atom. The van der Waals surface area contributed by atoms with Gasteiger partial charge in [-0.15, -0.1) is 0 Å². The van der Waals surface area contributed by atoms with E-state index in [4.69, 9.17) is 5.73 Å². The first-order valence-electron chi connectivity index (χ1n) is 4.73. The quantitative estimate of drug-likeness (QED) is 0.683. The zero-order valence-corrected chi connectivity index (χ0v) is 8.21. The van der Waals surface area contributed by atoms with Gasteiger partial charge in [-0.2, -0.15) is 0 Å². The van der Waals surface area contributed by atoms with Crippen molar-refractivity contribution in [3.05, 3.63) is 17.2 Å². The van der Waals surface area contributed by atoms with Gasteiger partial charge in [-0.3, -0.25) is 4.79 Å². The second kappa shape index (κ2) is 3.42. The summed E-state index contributed by atoms with van der Waals surface area (Å²) in [5.41, 5.74) is 7.48. The summed E-state index contributed by atoms with van der Waals surface area (Å²) in [7, 11) is 0. The molecule has 0 spiro atoms. The van der Waals surface area contributed by atoms with Gasteiger partial charge in [0.05, 0.1) is 24.5 Å². The van der Waals surface area contributed by atoms with Crippen LogP contribution in [0, 0.1) is 0 Å². The normalized spacial score (nSPS) is 14.6. The molecule has 0 saturated heterocycles. The highest BCUT2D eigenvalue weighted by Gasteiger charge is 2.24. The maximum atomic E-state index is 11.1. The molecule has 14 heavy (non-hydrogen) atoms. The number of aromatic nitrogens is 2. The van der Waals surface area contributed by atoms with Gasteiger partial charge >= 0.3 is 0 Å². The van der Waals surface area contributed by atoms with E-state index in [1.165, 1.54) is 0 Å². The van der Waals surface area contributed by atoms with Crippen LogP contribution in [0.15, 0.2) is 0 Å². The number of nitrogens with zero attached hydrogens (tertiary/aromatic N) is 2. The standard InChI is InChI=1S/C9H14N4O/c1-6(14)13-4-7-8(5-13)12-9(11-7)2-3-10/h2-5,10H2,1H3,(H,11,12). The molecule has 1 aromatic heterocycles. The second-order valence-corrected chi connectivity index (χ2v) is 3.52. The van der Waals surface area contributed by atoms with Crippen LogP contribution in [0.25, 0.3) is 0 Å². The SMILES string of the molecule is CC(=O)N1Cc2nc(CCN)[nH]c2C1. The molecule has 0 fully saturated rings. The summed E-state index contributed by atoms with van der Waals surface area (Å²) in [5.74, 6) is 1.03. The van der Waals surface area contributed by atoms with Crippen LogP contribution in [0.5, 0.6) is 0 Å². The molecule has 2 heterocycles. The number of hydrogen-bond acceptors (Lipinski definition) is 3. The van der Waals surface area contributed by atoms with Gasteiger partial charge in [0.2, 0.25) is 5.91 Å². The van der Waals surface area contributed by atoms with E-state index in [1.54, 1.807) is 11.8 Å². The van der Waals surface area contributed by atoms with Gasteiger partial charge in [0.15, 0.2) is 0 Å². The summed E-state index contributed by atoms with van der Waals surface area (Å²) in [4.78, 5) is 20.4. The van der Waals surface area contributed by atoms with Crippen LogP contribution in [0.4, 0.5) is 0 Å². The molecule has 76 valence electrons. The lowest BCUT2D eigenvalue weighted by molar-refractivity contribution is -0.129. The summed E-state index contributed by atoms with van der Waals surface area (Å²) < 4.78 is 0. The van der Waals surface area contributed by atoms with Crippen molar-refractivity contribution in [3.8, 4) is 0 Å². The molecule has 0 radical (unpaired) electrons. The van der Waals surface area contributed by atoms with E-state index in [0.717, 1.165) is 23.6 Å². The number of nitrogens with one attached hydrogen (secondary N) is 1. The maximum Gasteiger partial charge on any atom is 0.220 e. The Balaban J connectivity index is 2.11. The smallest absolute Gasteiger partial charge is 0.220 e. The minimum atomic E-state index is 0.0942. The Labute approximate surface area is 82.3 Å². The predicted octanol–water partition coefficient (Wildman–Crippen LogP) is -0.227. The van der Waals surface area contributed by atoms with E-state index in [-0.39, 0.29) is 5.91 Å². The van der Waals surface area contributed by atoms with Gasteiger partial charge in [0.1, 0.15) is 5.82 Å². The maximum absolute atomic E-state index is 11.1. The lowest BCUT2D eigenvalue weighted by Gasteiger charge is -2.11. The fraction of sp³-hybridized carbons (Fsp3) is 0.556. The molecule has 5 heteroatoms. The molecule has 5 nitrogen and oxygen atoms in total. The highest BCUT2D eigenvalue weighted by molar-refractivity contribution is 5.73. The molecule has 1 aliphatic heterocycles. The summed E-state index contributed by atoms with van der Waals surface area (Å²) in [6, 6.07) is 0. The van der Waals surface area contributed by atoms with Crippen molar-refractivity contribution < 1.29 is 4.79 Å². The lowest BCUT2D eigenvalue weighted by Crippen LogP contribution is -2.22. The molecule has 0 aromatic carbocycles. The molecule has 0 aliphatic carbocycles. The molecular formula is C9H14N4O. The third-order valence-electron chi connectivity index (χ3n) is 2.43. The van der Waals surface area contributed by atoms with E-state index in [2.05, 4.69) is 9.97 Å². The van der Waals surface area contributed by atoms with Crippen molar-refractivity contribution in [2.75, 3.05) is 6.54 Å². The van der Waals surface area contributed by atoms with E-state index in [1.807, 2.05) is 0 Å². The highest BCUT2D eigenvalue weighted by Crippen LogP contribution is 2.20. The molecular weight excluding hydrogens is 180 g/mol. The van der Waals surface area contributed by atoms with Gasteiger partial charge < -0.3 is 15.6 Å². The van der Waals surface area contributed by atoms with Crippen molar-refractivity contribution in [2.45, 2.75) is 26.4 Å². The molecule has 2 rings (SSSR count). The largest absolute Gasteiger partial charge is 0.344 e. The Hall–Kier alpha value is -1.36. The summed E-state index contributed by atoms with van der Waals surface area (Å²) in [6.07, 6.45) is 0.771. The fourth-order valence-corrected chi connectivity index (χ4v) is 1.67. The van der Waals surface area contributed by atoms with E-state index < -0.39 is 0 Å². The number of carbonyl (C=O) groups excluding carboxylic acids is 1. The third kappa shape index (κ3) is 1.50. The topological polar surface area (TPSA) is 75.0 Å². The van der Waals surface area contributed by atoms with Crippen LogP contribution in [-0.4, -0.2) is 27.3 Å². The Morgan fingerprint density at radius 1 is 1.64 bits per heavy atom. The predicted molar refractivity (Wildman–Crippen MR) is 51.3 cm³/mol. The van der Waals surface area contributed by atoms with Crippen molar-refractivity contribution in [3.63, 3.8) is 0 Å². The van der Waals surface area contributed by atoms with Crippen LogP contribution < -0.4 is 5.73 Å². The fourth-order valence-electron chi connectivity index (χ4n) is 1.67. The Kier molecular flexibility index (Phi) is 2.25. The first kappa shape index (κ1) is 9.21. The molecule has 0 unspecified atom stereocenters. The van der Waals surface area contributed by atoms with E-state index in [0.29, 0.717) is 19.6 Å². The second-order valence-electron chi connectivity index (χ2n) is 3.52. The van der Waals surface area contributed by atoms with Crippen molar-refractivity contribution in [1.29, 1.82) is 0 Å². The van der Waals surface area contributed by atoms with Crippen LogP contribution in [-0.2, 0) is 24.3 Å². The van der Waals surface area contributed by atoms with E-state index in [9.17, 15) is 4.79 Å². The molecule has 3 N–H and O–H groups in total. The zero-order chi connectivity index (χ0) is 10.1. The van der Waals surface area contributed by atoms with Crippen molar-refractivity contribution in [2.24, 2.45) is 5.73 Å². The van der Waals surface area contributed by atoms with Crippen LogP contribution in [0.2, 0.25) is 0 Å². The highest BCUT2D eigenvalue weighted by atomic mass is 16.2. The van der Waals surface area contributed by atoms with Gasteiger partial charge in [-0.25, -0.2) is 4.98 Å². The van der Waals surface area contributed by atoms with Gasteiger partial charge in [-0.1, -0.05) is 0 Å². The molecule has 0 bridgehead atoms. The van der Waals surface area contributed by atoms with Crippen LogP contribution in [0.3, 0.4) is 0 Å². The van der Waals surface area contributed by atoms with Gasteiger partial charge in [-0.05, 0) is 6.54 Å². The number of fused-ring (bicyclic) bond motifs is 1. The Bertz CT molecular complexity index is 334. The first-order chi connectivity index (χ1) is 6.70. The molecule has 0 atom stereocenters. The number of carbonyl (C=O) groups is 1. The monoisotopic (exact) mass is 194 g/mol. The summed E-state index contributed by atoms with van der Waals surface area (Å²) >= 11 is 0. The molecule has 1 aromatic rings. The lowest BCUT2D eigenvalue weighted by atomic mass is 10.4.